The predicted molar refractivity (Wildman–Crippen MR) is 242 cm³/mol. The molecule has 10 aromatic carbocycles. The van der Waals surface area contributed by atoms with E-state index in [1.165, 1.54) is 87.2 Å². The molecule has 0 fully saturated rings. The SMILES string of the molecule is c1cc(-c2ccc3cc(-c4c5ccccc5c(-c5ccc6c(ccc7ccccc76)c5)c5ccccc45)ccc3c2)cc(-n2c3ccccc3c3ncccc32)c1. The number of fused-ring (bicyclic) bond motifs is 9. The van der Waals surface area contributed by atoms with Gasteiger partial charge >= 0.3 is 0 Å². The molecule has 0 saturated heterocycles. The molecule has 0 unspecified atom stereocenters. The van der Waals surface area contributed by atoms with Gasteiger partial charge in [-0.2, -0.15) is 0 Å². The Labute approximate surface area is 329 Å². The molecule has 0 N–H and O–H groups in total. The molecule has 0 aliphatic heterocycles. The highest BCUT2D eigenvalue weighted by Gasteiger charge is 2.18. The number of hydrogen-bond donors (Lipinski definition) is 0. The van der Waals surface area contributed by atoms with Gasteiger partial charge in [0.05, 0.1) is 16.6 Å². The van der Waals surface area contributed by atoms with Gasteiger partial charge in [0.25, 0.3) is 0 Å². The Morgan fingerprint density at radius 1 is 0.298 bits per heavy atom. The maximum Gasteiger partial charge on any atom is 0.0963 e. The van der Waals surface area contributed by atoms with E-state index in [1.807, 2.05) is 12.3 Å². The third-order valence-corrected chi connectivity index (χ3v) is 12.0. The standard InChI is InChI=1S/C55H34N2/c1-2-14-44-35(11-1)22-26-40-33-42(28-29-45(40)44)54-48-17-5-3-15-46(48)53(47-16-4-6-18-49(47)54)41-27-25-38-31-37(23-24-39(38)32-41)36-12-9-13-43(34-36)57-51-20-8-7-19-50(51)55-52(57)21-10-30-56-55/h1-34H. The van der Waals surface area contributed by atoms with E-state index < -0.39 is 0 Å². The number of aromatic nitrogens is 2. The zero-order chi connectivity index (χ0) is 37.5. The first-order chi connectivity index (χ1) is 28.3. The summed E-state index contributed by atoms with van der Waals surface area (Å²) in [4.78, 5) is 4.75. The lowest BCUT2D eigenvalue weighted by Crippen LogP contribution is -1.94. The average Bonchev–Trinajstić information content (AvgIpc) is 3.62. The number of benzene rings is 10. The fraction of sp³-hybridized carbons (Fsp3) is 0. The smallest absolute Gasteiger partial charge is 0.0963 e. The molecule has 0 atom stereocenters. The first-order valence-electron chi connectivity index (χ1n) is 19.6. The van der Waals surface area contributed by atoms with Gasteiger partial charge in [0.2, 0.25) is 0 Å². The summed E-state index contributed by atoms with van der Waals surface area (Å²) >= 11 is 0. The molecule has 2 heteroatoms. The van der Waals surface area contributed by atoms with Gasteiger partial charge in [-0.3, -0.25) is 4.98 Å². The van der Waals surface area contributed by atoms with Crippen molar-refractivity contribution >= 4 is 75.8 Å². The molecule has 12 rings (SSSR count). The zero-order valence-electron chi connectivity index (χ0n) is 31.0. The van der Waals surface area contributed by atoms with Crippen molar-refractivity contribution in [2.24, 2.45) is 0 Å². The number of rotatable bonds is 4. The topological polar surface area (TPSA) is 17.8 Å². The molecule has 12 aromatic rings. The second kappa shape index (κ2) is 12.5. The number of nitrogens with zero attached hydrogens (tertiary/aromatic N) is 2. The highest BCUT2D eigenvalue weighted by molar-refractivity contribution is 6.22. The maximum atomic E-state index is 4.75. The number of pyridine rings is 1. The van der Waals surface area contributed by atoms with Gasteiger partial charge in [-0.05, 0) is 136 Å². The minimum absolute atomic E-state index is 1.03. The second-order valence-electron chi connectivity index (χ2n) is 15.1. The third-order valence-electron chi connectivity index (χ3n) is 12.0. The van der Waals surface area contributed by atoms with Crippen LogP contribution in [0.15, 0.2) is 206 Å². The van der Waals surface area contributed by atoms with Gasteiger partial charge < -0.3 is 4.57 Å². The summed E-state index contributed by atoms with van der Waals surface area (Å²) in [6, 6.07) is 73.5. The van der Waals surface area contributed by atoms with Crippen LogP contribution in [0, 0.1) is 0 Å². The summed E-state index contributed by atoms with van der Waals surface area (Å²) in [5.41, 5.74) is 11.8. The average molecular weight is 723 g/mol. The summed E-state index contributed by atoms with van der Waals surface area (Å²) < 4.78 is 2.33. The van der Waals surface area contributed by atoms with E-state index in [-0.39, 0.29) is 0 Å². The molecule has 0 saturated carbocycles. The molecule has 264 valence electrons. The summed E-state index contributed by atoms with van der Waals surface area (Å²) in [6.45, 7) is 0. The van der Waals surface area contributed by atoms with Crippen LogP contribution in [0.25, 0.3) is 115 Å². The van der Waals surface area contributed by atoms with Crippen LogP contribution in [-0.4, -0.2) is 9.55 Å². The fourth-order valence-electron chi connectivity index (χ4n) is 9.39. The largest absolute Gasteiger partial charge is 0.308 e. The Morgan fingerprint density at radius 2 is 0.807 bits per heavy atom. The summed E-state index contributed by atoms with van der Waals surface area (Å²) in [7, 11) is 0. The van der Waals surface area contributed by atoms with Gasteiger partial charge in [-0.15, -0.1) is 0 Å². The minimum atomic E-state index is 1.03. The van der Waals surface area contributed by atoms with Gasteiger partial charge in [0, 0.05) is 17.3 Å². The van der Waals surface area contributed by atoms with E-state index in [0.29, 0.717) is 0 Å². The van der Waals surface area contributed by atoms with Crippen LogP contribution in [0.2, 0.25) is 0 Å². The van der Waals surface area contributed by atoms with Crippen LogP contribution in [-0.2, 0) is 0 Å². The maximum absolute atomic E-state index is 4.75. The lowest BCUT2D eigenvalue weighted by Gasteiger charge is -2.18. The molecule has 0 aliphatic rings. The third kappa shape index (κ3) is 4.94. The first-order valence-corrected chi connectivity index (χ1v) is 19.6. The van der Waals surface area contributed by atoms with E-state index >= 15 is 0 Å². The van der Waals surface area contributed by atoms with Crippen LogP contribution in [0.5, 0.6) is 0 Å². The van der Waals surface area contributed by atoms with E-state index in [4.69, 9.17) is 4.98 Å². The van der Waals surface area contributed by atoms with Crippen molar-refractivity contribution in [2.45, 2.75) is 0 Å². The van der Waals surface area contributed by atoms with Gasteiger partial charge in [-0.25, -0.2) is 0 Å². The lowest BCUT2D eigenvalue weighted by atomic mass is 9.85. The summed E-state index contributed by atoms with van der Waals surface area (Å²) in [5, 5.41) is 13.8. The molecule has 0 aliphatic carbocycles. The highest BCUT2D eigenvalue weighted by Crippen LogP contribution is 2.45. The molecular weight excluding hydrogens is 689 g/mol. The molecule has 2 aromatic heterocycles. The minimum Gasteiger partial charge on any atom is -0.308 e. The Bertz CT molecular complexity index is 3480. The Morgan fingerprint density at radius 3 is 1.54 bits per heavy atom. The van der Waals surface area contributed by atoms with E-state index in [0.717, 1.165) is 27.6 Å². The van der Waals surface area contributed by atoms with E-state index in [1.54, 1.807) is 0 Å². The molecule has 0 spiro atoms. The predicted octanol–water partition coefficient (Wildman–Crippen LogP) is 14.9. The fourth-order valence-corrected chi connectivity index (χ4v) is 9.39. The van der Waals surface area contributed by atoms with E-state index in [9.17, 15) is 0 Å². The summed E-state index contributed by atoms with van der Waals surface area (Å²) in [6.07, 6.45) is 1.88. The number of para-hydroxylation sites is 1. The highest BCUT2D eigenvalue weighted by atomic mass is 15.0. The zero-order valence-corrected chi connectivity index (χ0v) is 31.0. The monoisotopic (exact) mass is 722 g/mol. The Hall–Kier alpha value is -7.55. The van der Waals surface area contributed by atoms with Crippen molar-refractivity contribution in [1.82, 2.24) is 9.55 Å². The molecular formula is C55H34N2. The summed E-state index contributed by atoms with van der Waals surface area (Å²) in [5.74, 6) is 0. The first kappa shape index (κ1) is 31.8. The number of hydrogen-bond acceptors (Lipinski definition) is 1. The van der Waals surface area contributed by atoms with Crippen LogP contribution in [0.3, 0.4) is 0 Å². The molecule has 57 heavy (non-hydrogen) atoms. The van der Waals surface area contributed by atoms with Gasteiger partial charge in [0.15, 0.2) is 0 Å². The Kier molecular flexibility index (Phi) is 6.96. The molecule has 0 radical (unpaired) electrons. The lowest BCUT2D eigenvalue weighted by molar-refractivity contribution is 1.18. The van der Waals surface area contributed by atoms with Gasteiger partial charge in [-0.1, -0.05) is 152 Å². The van der Waals surface area contributed by atoms with Gasteiger partial charge in [0.1, 0.15) is 0 Å². The second-order valence-corrected chi connectivity index (χ2v) is 15.1. The van der Waals surface area contributed by atoms with Crippen molar-refractivity contribution < 1.29 is 0 Å². The van der Waals surface area contributed by atoms with Crippen molar-refractivity contribution in [3.8, 4) is 39.1 Å². The van der Waals surface area contributed by atoms with Crippen molar-refractivity contribution in [3.05, 3.63) is 206 Å². The quantitative estimate of drug-likeness (QED) is 0.131. The van der Waals surface area contributed by atoms with Crippen LogP contribution >= 0.6 is 0 Å². The molecule has 0 amide bonds. The molecule has 0 bridgehead atoms. The van der Waals surface area contributed by atoms with Crippen molar-refractivity contribution in [1.29, 1.82) is 0 Å². The van der Waals surface area contributed by atoms with Crippen LogP contribution in [0.1, 0.15) is 0 Å². The van der Waals surface area contributed by atoms with E-state index in [2.05, 4.69) is 199 Å². The van der Waals surface area contributed by atoms with Crippen LogP contribution in [0.4, 0.5) is 0 Å². The molecule has 2 nitrogen and oxygen atoms in total. The van der Waals surface area contributed by atoms with Crippen molar-refractivity contribution in [2.75, 3.05) is 0 Å². The van der Waals surface area contributed by atoms with Crippen LogP contribution < -0.4 is 0 Å². The molecule has 2 heterocycles. The van der Waals surface area contributed by atoms with Crippen molar-refractivity contribution in [3.63, 3.8) is 0 Å². The normalized spacial score (nSPS) is 11.9. The Balaban J connectivity index is 0.979.